The summed E-state index contributed by atoms with van der Waals surface area (Å²) in [6, 6.07) is 9.66. The second kappa shape index (κ2) is 9.25. The van der Waals surface area contributed by atoms with Gasteiger partial charge in [-0.25, -0.2) is 13.1 Å². The Morgan fingerprint density at radius 1 is 1.07 bits per heavy atom. The van der Waals surface area contributed by atoms with E-state index in [9.17, 15) is 18.3 Å². The SMILES string of the molecule is COc1ccc(CNS(=O)(=O)c2cc(/C=C/C(=O)[O-])cc(OC)c2OC)cc1. The van der Waals surface area contributed by atoms with Gasteiger partial charge in [0.2, 0.25) is 10.0 Å². The topological polar surface area (TPSA) is 114 Å². The summed E-state index contributed by atoms with van der Waals surface area (Å²) >= 11 is 0. The van der Waals surface area contributed by atoms with Crippen LogP contribution in [0.4, 0.5) is 0 Å². The summed E-state index contributed by atoms with van der Waals surface area (Å²) in [6.07, 6.45) is 2.00. The lowest BCUT2D eigenvalue weighted by molar-refractivity contribution is -0.297. The number of hydrogen-bond donors (Lipinski definition) is 1. The van der Waals surface area contributed by atoms with Crippen molar-refractivity contribution < 1.29 is 32.5 Å². The zero-order valence-electron chi connectivity index (χ0n) is 15.6. The summed E-state index contributed by atoms with van der Waals surface area (Å²) in [6.45, 7) is 0.0386. The Morgan fingerprint density at radius 3 is 2.29 bits per heavy atom. The van der Waals surface area contributed by atoms with Crippen LogP contribution in [0.3, 0.4) is 0 Å². The number of sulfonamides is 1. The second-order valence-corrected chi connectivity index (χ2v) is 7.31. The first kappa shape index (κ1) is 21.3. The van der Waals surface area contributed by atoms with Gasteiger partial charge in [-0.3, -0.25) is 0 Å². The van der Waals surface area contributed by atoms with Crippen molar-refractivity contribution >= 4 is 22.1 Å². The molecule has 2 aromatic carbocycles. The van der Waals surface area contributed by atoms with Crippen molar-refractivity contribution in [2.24, 2.45) is 0 Å². The smallest absolute Gasteiger partial charge is 0.244 e. The fourth-order valence-electron chi connectivity index (χ4n) is 2.41. The molecule has 0 bridgehead atoms. The quantitative estimate of drug-likeness (QED) is 0.617. The molecule has 0 aliphatic rings. The van der Waals surface area contributed by atoms with Crippen LogP contribution in [-0.4, -0.2) is 35.7 Å². The molecule has 0 amide bonds. The van der Waals surface area contributed by atoms with Crippen LogP contribution in [0.5, 0.6) is 17.2 Å². The molecule has 8 nitrogen and oxygen atoms in total. The highest BCUT2D eigenvalue weighted by Crippen LogP contribution is 2.36. The van der Waals surface area contributed by atoms with Crippen molar-refractivity contribution in [1.82, 2.24) is 4.72 Å². The summed E-state index contributed by atoms with van der Waals surface area (Å²) in [4.78, 5) is 10.5. The predicted octanol–water partition coefficient (Wildman–Crippen LogP) is 0.954. The Balaban J connectivity index is 2.38. The summed E-state index contributed by atoms with van der Waals surface area (Å²) in [7, 11) is 0.216. The monoisotopic (exact) mass is 406 g/mol. The average molecular weight is 406 g/mol. The Hall–Kier alpha value is -3.04. The Morgan fingerprint density at radius 2 is 1.75 bits per heavy atom. The number of carboxylic acids is 1. The number of aliphatic carboxylic acids is 1. The molecule has 0 heterocycles. The van der Waals surface area contributed by atoms with Crippen molar-refractivity contribution in [1.29, 1.82) is 0 Å². The third kappa shape index (κ3) is 5.24. The van der Waals surface area contributed by atoms with E-state index in [1.165, 1.54) is 32.4 Å². The third-order valence-corrected chi connectivity index (χ3v) is 5.20. The molecule has 0 spiro atoms. The minimum atomic E-state index is -3.99. The summed E-state index contributed by atoms with van der Waals surface area (Å²) in [5.74, 6) is -0.592. The molecule has 0 aliphatic heterocycles. The normalized spacial score (nSPS) is 11.4. The maximum absolute atomic E-state index is 12.8. The molecule has 2 aromatic rings. The largest absolute Gasteiger partial charge is 0.545 e. The molecule has 0 unspecified atom stereocenters. The number of benzene rings is 2. The van der Waals surface area contributed by atoms with Crippen LogP contribution in [0.25, 0.3) is 6.08 Å². The van der Waals surface area contributed by atoms with Gasteiger partial charge in [-0.2, -0.15) is 0 Å². The first-order valence-electron chi connectivity index (χ1n) is 8.08. The molecular weight excluding hydrogens is 386 g/mol. The molecule has 28 heavy (non-hydrogen) atoms. The van der Waals surface area contributed by atoms with E-state index in [2.05, 4.69) is 4.72 Å². The van der Waals surface area contributed by atoms with E-state index in [0.717, 1.165) is 11.6 Å². The van der Waals surface area contributed by atoms with Crippen LogP contribution < -0.4 is 24.0 Å². The first-order chi connectivity index (χ1) is 13.3. The Bertz CT molecular complexity index is 967. The van der Waals surface area contributed by atoms with Crippen molar-refractivity contribution in [2.45, 2.75) is 11.4 Å². The van der Waals surface area contributed by atoms with Gasteiger partial charge < -0.3 is 24.1 Å². The summed E-state index contributed by atoms with van der Waals surface area (Å²) in [5.41, 5.74) is 1.02. The van der Waals surface area contributed by atoms with Gasteiger partial charge in [0.15, 0.2) is 11.5 Å². The van der Waals surface area contributed by atoms with E-state index < -0.39 is 16.0 Å². The lowest BCUT2D eigenvalue weighted by Crippen LogP contribution is -2.24. The number of carbonyl (C=O) groups excluding carboxylic acids is 1. The Kier molecular flexibility index (Phi) is 7.02. The van der Waals surface area contributed by atoms with E-state index in [1.54, 1.807) is 31.4 Å². The highest BCUT2D eigenvalue weighted by atomic mass is 32.2. The van der Waals surface area contributed by atoms with Gasteiger partial charge in [-0.15, -0.1) is 0 Å². The van der Waals surface area contributed by atoms with Crippen LogP contribution in [0, 0.1) is 0 Å². The predicted molar refractivity (Wildman–Crippen MR) is 101 cm³/mol. The summed E-state index contributed by atoms with van der Waals surface area (Å²) < 4.78 is 43.6. The number of carbonyl (C=O) groups is 1. The van der Waals surface area contributed by atoms with Crippen molar-refractivity contribution in [3.05, 3.63) is 53.6 Å². The molecular formula is C19H20NO7S-. The lowest BCUT2D eigenvalue weighted by Gasteiger charge is -2.15. The molecule has 0 fully saturated rings. The van der Waals surface area contributed by atoms with E-state index in [4.69, 9.17) is 14.2 Å². The molecule has 150 valence electrons. The fourth-order valence-corrected chi connectivity index (χ4v) is 3.64. The molecule has 0 saturated heterocycles. The lowest BCUT2D eigenvalue weighted by atomic mass is 10.2. The van der Waals surface area contributed by atoms with Gasteiger partial charge in [0.05, 0.1) is 27.3 Å². The van der Waals surface area contributed by atoms with E-state index >= 15 is 0 Å². The van der Waals surface area contributed by atoms with Gasteiger partial charge in [-0.1, -0.05) is 18.2 Å². The average Bonchev–Trinajstić information content (AvgIpc) is 2.70. The zero-order chi connectivity index (χ0) is 20.7. The molecule has 0 radical (unpaired) electrons. The van der Waals surface area contributed by atoms with Crippen molar-refractivity contribution in [2.75, 3.05) is 21.3 Å². The molecule has 0 aliphatic carbocycles. The molecule has 0 atom stereocenters. The number of rotatable bonds is 9. The molecule has 0 saturated carbocycles. The van der Waals surface area contributed by atoms with Gasteiger partial charge in [0.1, 0.15) is 10.6 Å². The number of carboxylic acid groups (broad SMARTS) is 1. The number of ether oxygens (including phenoxy) is 3. The molecule has 2 rings (SSSR count). The molecule has 9 heteroatoms. The van der Waals surface area contributed by atoms with Crippen LogP contribution in [0.2, 0.25) is 0 Å². The number of methoxy groups -OCH3 is 3. The summed E-state index contributed by atoms with van der Waals surface area (Å²) in [5, 5.41) is 10.6. The molecule has 0 aromatic heterocycles. The third-order valence-electron chi connectivity index (χ3n) is 3.79. The minimum absolute atomic E-state index is 0.00957. The zero-order valence-corrected chi connectivity index (χ0v) is 16.4. The van der Waals surface area contributed by atoms with Gasteiger partial charge in [-0.05, 0) is 41.5 Å². The molecule has 1 N–H and O–H groups in total. The van der Waals surface area contributed by atoms with Crippen LogP contribution in [0.1, 0.15) is 11.1 Å². The number of hydrogen-bond acceptors (Lipinski definition) is 7. The minimum Gasteiger partial charge on any atom is -0.545 e. The second-order valence-electron chi connectivity index (χ2n) is 5.58. The van der Waals surface area contributed by atoms with E-state index in [1.807, 2.05) is 0 Å². The van der Waals surface area contributed by atoms with Crippen LogP contribution in [0.15, 0.2) is 47.4 Å². The standard InChI is InChI=1S/C19H21NO7S/c1-25-15-7-4-13(5-8-15)12-20-28(23,24)17-11-14(6-9-18(21)22)10-16(26-2)19(17)27-3/h4-11,20H,12H2,1-3H3,(H,21,22)/p-1/b9-6+. The fraction of sp³-hybridized carbons (Fsp3) is 0.211. The maximum Gasteiger partial charge on any atom is 0.244 e. The van der Waals surface area contributed by atoms with Crippen molar-refractivity contribution in [3.63, 3.8) is 0 Å². The van der Waals surface area contributed by atoms with Crippen LogP contribution >= 0.6 is 0 Å². The van der Waals surface area contributed by atoms with Gasteiger partial charge in [0.25, 0.3) is 0 Å². The first-order valence-corrected chi connectivity index (χ1v) is 9.56. The Labute approximate surface area is 163 Å². The maximum atomic E-state index is 12.8. The number of nitrogens with one attached hydrogen (secondary N) is 1. The van der Waals surface area contributed by atoms with Gasteiger partial charge in [0, 0.05) is 6.54 Å². The highest BCUT2D eigenvalue weighted by molar-refractivity contribution is 7.89. The van der Waals surface area contributed by atoms with Crippen molar-refractivity contribution in [3.8, 4) is 17.2 Å². The van der Waals surface area contributed by atoms with E-state index in [0.29, 0.717) is 11.3 Å². The van der Waals surface area contributed by atoms with Gasteiger partial charge >= 0.3 is 0 Å². The van der Waals surface area contributed by atoms with E-state index in [-0.39, 0.29) is 22.9 Å². The highest BCUT2D eigenvalue weighted by Gasteiger charge is 2.23. The van der Waals surface area contributed by atoms with Crippen LogP contribution in [-0.2, 0) is 21.4 Å².